The van der Waals surface area contributed by atoms with Gasteiger partial charge in [0.2, 0.25) is 11.8 Å². The zero-order valence-corrected chi connectivity index (χ0v) is 13.1. The average Bonchev–Trinajstić information content (AvgIpc) is 3.03. The molecule has 1 saturated heterocycles. The maximum atomic E-state index is 12.8. The van der Waals surface area contributed by atoms with E-state index in [4.69, 9.17) is 13.9 Å². The molecular weight excluding hydrogens is 298 g/mol. The highest BCUT2D eigenvalue weighted by molar-refractivity contribution is 5.82. The van der Waals surface area contributed by atoms with Gasteiger partial charge < -0.3 is 18.8 Å². The lowest BCUT2D eigenvalue weighted by Gasteiger charge is -2.33. The van der Waals surface area contributed by atoms with Gasteiger partial charge in [0.05, 0.1) is 13.2 Å². The quantitative estimate of drug-likeness (QED) is 0.853. The van der Waals surface area contributed by atoms with Crippen LogP contribution in [0.3, 0.4) is 0 Å². The van der Waals surface area contributed by atoms with Gasteiger partial charge in [-0.3, -0.25) is 4.79 Å². The molecule has 1 aliphatic heterocycles. The summed E-state index contributed by atoms with van der Waals surface area (Å²) >= 11 is 0. The number of benzene rings is 1. The number of ether oxygens (including phenoxy) is 2. The van der Waals surface area contributed by atoms with E-state index in [2.05, 4.69) is 10.2 Å². The van der Waals surface area contributed by atoms with E-state index in [0.717, 1.165) is 5.56 Å². The second kappa shape index (κ2) is 6.89. The number of aryl methyl sites for hydroxylation is 1. The molecule has 1 fully saturated rings. The number of carbonyl (C=O) groups is 1. The highest BCUT2D eigenvalue weighted by Crippen LogP contribution is 2.25. The van der Waals surface area contributed by atoms with Crippen molar-refractivity contribution < 1.29 is 18.7 Å². The monoisotopic (exact) mass is 317 g/mol. The van der Waals surface area contributed by atoms with E-state index >= 15 is 0 Å². The van der Waals surface area contributed by atoms with Crippen molar-refractivity contribution in [1.82, 2.24) is 15.1 Å². The third kappa shape index (κ3) is 3.40. The molecule has 23 heavy (non-hydrogen) atoms. The second-order valence-corrected chi connectivity index (χ2v) is 5.33. The van der Waals surface area contributed by atoms with Crippen LogP contribution in [0, 0.1) is 6.92 Å². The summed E-state index contributed by atoms with van der Waals surface area (Å²) in [7, 11) is 1.54. The van der Waals surface area contributed by atoms with Crippen molar-refractivity contribution in [3.63, 3.8) is 0 Å². The molecule has 0 radical (unpaired) electrons. The topological polar surface area (TPSA) is 77.7 Å². The molecule has 7 heteroatoms. The van der Waals surface area contributed by atoms with Crippen molar-refractivity contribution in [3.8, 4) is 0 Å². The Labute approximate surface area is 134 Å². The fourth-order valence-electron chi connectivity index (χ4n) is 2.61. The van der Waals surface area contributed by atoms with E-state index in [1.807, 2.05) is 30.3 Å². The second-order valence-electron chi connectivity index (χ2n) is 5.33. The summed E-state index contributed by atoms with van der Waals surface area (Å²) in [5, 5.41) is 7.78. The van der Waals surface area contributed by atoms with Crippen LogP contribution in [0.5, 0.6) is 0 Å². The lowest BCUT2D eigenvalue weighted by Crippen LogP contribution is -2.44. The van der Waals surface area contributed by atoms with Gasteiger partial charge in [-0.15, -0.1) is 10.2 Å². The molecule has 0 aliphatic carbocycles. The van der Waals surface area contributed by atoms with Crippen LogP contribution in [-0.4, -0.2) is 47.8 Å². The Morgan fingerprint density at radius 1 is 1.35 bits per heavy atom. The van der Waals surface area contributed by atoms with Crippen molar-refractivity contribution in [2.75, 3.05) is 26.8 Å². The Balaban J connectivity index is 1.73. The van der Waals surface area contributed by atoms with Gasteiger partial charge in [0.25, 0.3) is 5.91 Å². The van der Waals surface area contributed by atoms with Crippen LogP contribution in [0.25, 0.3) is 0 Å². The fourth-order valence-corrected chi connectivity index (χ4v) is 2.61. The van der Waals surface area contributed by atoms with Crippen LogP contribution in [0.4, 0.5) is 0 Å². The SMILES string of the molecule is CO[C@@H](C(=O)N1CCOC(c2nnc(C)o2)C1)c1ccccc1. The lowest BCUT2D eigenvalue weighted by atomic mass is 10.1. The molecule has 2 aromatic rings. The molecule has 7 nitrogen and oxygen atoms in total. The van der Waals surface area contributed by atoms with Gasteiger partial charge in [0, 0.05) is 20.6 Å². The third-order valence-corrected chi connectivity index (χ3v) is 3.76. The van der Waals surface area contributed by atoms with Gasteiger partial charge in [-0.05, 0) is 5.56 Å². The molecule has 1 amide bonds. The van der Waals surface area contributed by atoms with E-state index in [0.29, 0.717) is 31.5 Å². The normalized spacial score (nSPS) is 19.6. The lowest BCUT2D eigenvalue weighted by molar-refractivity contribution is -0.150. The van der Waals surface area contributed by atoms with Gasteiger partial charge in [-0.25, -0.2) is 0 Å². The molecule has 2 heterocycles. The highest BCUT2D eigenvalue weighted by atomic mass is 16.5. The van der Waals surface area contributed by atoms with E-state index in [1.165, 1.54) is 7.11 Å². The molecule has 0 saturated carbocycles. The van der Waals surface area contributed by atoms with Crippen LogP contribution in [0.15, 0.2) is 34.7 Å². The summed E-state index contributed by atoms with van der Waals surface area (Å²) in [6.45, 7) is 3.02. The highest BCUT2D eigenvalue weighted by Gasteiger charge is 2.33. The zero-order chi connectivity index (χ0) is 16.2. The Hall–Kier alpha value is -2.25. The summed E-state index contributed by atoms with van der Waals surface area (Å²) in [4.78, 5) is 14.5. The van der Waals surface area contributed by atoms with Crippen molar-refractivity contribution in [2.45, 2.75) is 19.1 Å². The van der Waals surface area contributed by atoms with Gasteiger partial charge >= 0.3 is 0 Å². The Bertz CT molecular complexity index is 658. The maximum absolute atomic E-state index is 12.8. The molecule has 0 bridgehead atoms. The molecule has 1 aromatic heterocycles. The summed E-state index contributed by atoms with van der Waals surface area (Å²) in [5.41, 5.74) is 0.830. The van der Waals surface area contributed by atoms with E-state index in [9.17, 15) is 4.79 Å². The number of carbonyl (C=O) groups excluding carboxylic acids is 1. The predicted octanol–water partition coefficient (Wildman–Crippen LogP) is 1.67. The van der Waals surface area contributed by atoms with E-state index < -0.39 is 12.2 Å². The Morgan fingerprint density at radius 3 is 2.78 bits per heavy atom. The number of hydrogen-bond acceptors (Lipinski definition) is 6. The summed E-state index contributed by atoms with van der Waals surface area (Å²) < 4.78 is 16.5. The number of hydrogen-bond donors (Lipinski definition) is 0. The first-order valence-electron chi connectivity index (χ1n) is 7.47. The third-order valence-electron chi connectivity index (χ3n) is 3.76. The van der Waals surface area contributed by atoms with Crippen molar-refractivity contribution in [3.05, 3.63) is 47.7 Å². The molecule has 0 spiro atoms. The van der Waals surface area contributed by atoms with Gasteiger partial charge in [-0.2, -0.15) is 0 Å². The average molecular weight is 317 g/mol. The van der Waals surface area contributed by atoms with Gasteiger partial charge in [-0.1, -0.05) is 30.3 Å². The number of morpholine rings is 1. The molecule has 3 rings (SSSR count). The van der Waals surface area contributed by atoms with Crippen LogP contribution in [0.2, 0.25) is 0 Å². The van der Waals surface area contributed by atoms with Crippen molar-refractivity contribution >= 4 is 5.91 Å². The van der Waals surface area contributed by atoms with Crippen molar-refractivity contribution in [1.29, 1.82) is 0 Å². The molecular formula is C16H19N3O4. The Kier molecular flexibility index (Phi) is 4.68. The number of aromatic nitrogens is 2. The largest absolute Gasteiger partial charge is 0.423 e. The summed E-state index contributed by atoms with van der Waals surface area (Å²) in [6.07, 6.45) is -1.03. The minimum Gasteiger partial charge on any atom is -0.423 e. The summed E-state index contributed by atoms with van der Waals surface area (Å²) in [5.74, 6) is 0.781. The molecule has 1 aliphatic rings. The minimum atomic E-state index is -0.626. The smallest absolute Gasteiger partial charge is 0.256 e. The first kappa shape index (κ1) is 15.6. The maximum Gasteiger partial charge on any atom is 0.256 e. The fraction of sp³-hybridized carbons (Fsp3) is 0.438. The number of amides is 1. The molecule has 1 unspecified atom stereocenters. The zero-order valence-electron chi connectivity index (χ0n) is 13.1. The first-order chi connectivity index (χ1) is 11.2. The van der Waals surface area contributed by atoms with Crippen molar-refractivity contribution in [2.24, 2.45) is 0 Å². The van der Waals surface area contributed by atoms with Crippen LogP contribution in [0.1, 0.15) is 29.6 Å². The van der Waals surface area contributed by atoms with E-state index in [-0.39, 0.29) is 5.91 Å². The molecule has 0 N–H and O–H groups in total. The van der Waals surface area contributed by atoms with Crippen LogP contribution in [-0.2, 0) is 14.3 Å². The van der Waals surface area contributed by atoms with Gasteiger partial charge in [0.15, 0.2) is 12.2 Å². The van der Waals surface area contributed by atoms with E-state index in [1.54, 1.807) is 11.8 Å². The number of rotatable bonds is 4. The molecule has 1 aromatic carbocycles. The number of nitrogens with zero attached hydrogens (tertiary/aromatic N) is 3. The standard InChI is InChI=1S/C16H19N3O4/c1-11-17-18-15(23-11)13-10-19(8-9-22-13)16(20)14(21-2)12-6-4-3-5-7-12/h3-7,13-14H,8-10H2,1-2H3/t13?,14-/m1/s1. The minimum absolute atomic E-state index is 0.0942. The summed E-state index contributed by atoms with van der Waals surface area (Å²) in [6, 6.07) is 9.44. The number of methoxy groups -OCH3 is 1. The molecule has 2 atom stereocenters. The predicted molar refractivity (Wildman–Crippen MR) is 80.5 cm³/mol. The van der Waals surface area contributed by atoms with Crippen LogP contribution >= 0.6 is 0 Å². The first-order valence-corrected chi connectivity index (χ1v) is 7.47. The Morgan fingerprint density at radius 2 is 2.13 bits per heavy atom. The van der Waals surface area contributed by atoms with Crippen LogP contribution < -0.4 is 0 Å². The molecule has 122 valence electrons. The van der Waals surface area contributed by atoms with Gasteiger partial charge in [0.1, 0.15) is 0 Å².